The predicted octanol–water partition coefficient (Wildman–Crippen LogP) is 5.66. The summed E-state index contributed by atoms with van der Waals surface area (Å²) in [4.78, 5) is 13.1. The summed E-state index contributed by atoms with van der Waals surface area (Å²) in [5, 5.41) is 6.14. The Hall–Kier alpha value is -3.16. The third-order valence-corrected chi connectivity index (χ3v) is 4.87. The Balaban J connectivity index is 1.71. The number of anilines is 3. The molecular weight excluding hydrogens is 379 g/mol. The Kier molecular flexibility index (Phi) is 5.33. The molecular formula is C21H20F3N5. The molecule has 1 aliphatic rings. The fraction of sp³-hybridized carbons (Fsp3) is 0.286. The van der Waals surface area contributed by atoms with Gasteiger partial charge in [0, 0.05) is 30.1 Å². The molecule has 1 saturated carbocycles. The van der Waals surface area contributed by atoms with Crippen LogP contribution in [0.2, 0.25) is 0 Å². The van der Waals surface area contributed by atoms with Gasteiger partial charge in [-0.25, -0.2) is 4.98 Å². The van der Waals surface area contributed by atoms with Crippen LogP contribution in [0, 0.1) is 0 Å². The maximum absolute atomic E-state index is 13.4. The molecule has 3 aromatic rings. The van der Waals surface area contributed by atoms with Crippen LogP contribution in [-0.2, 0) is 6.18 Å². The lowest BCUT2D eigenvalue weighted by Gasteiger charge is -2.17. The molecule has 1 aromatic carbocycles. The van der Waals surface area contributed by atoms with Crippen LogP contribution in [0.25, 0.3) is 11.3 Å². The maximum Gasteiger partial charge on any atom is 0.418 e. The van der Waals surface area contributed by atoms with Crippen molar-refractivity contribution in [3.63, 3.8) is 0 Å². The first-order valence-electron chi connectivity index (χ1n) is 9.48. The number of halogens is 3. The molecule has 4 rings (SSSR count). The smallest absolute Gasteiger partial charge is 0.351 e. The Bertz CT molecular complexity index is 970. The zero-order chi connectivity index (χ0) is 20.3. The molecule has 0 saturated heterocycles. The summed E-state index contributed by atoms with van der Waals surface area (Å²) in [5.74, 6) is 0.682. The van der Waals surface area contributed by atoms with Gasteiger partial charge in [-0.1, -0.05) is 25.0 Å². The van der Waals surface area contributed by atoms with Crippen molar-refractivity contribution in [3.8, 4) is 11.3 Å². The summed E-state index contributed by atoms with van der Waals surface area (Å²) in [5.41, 5.74) is 0.548. The first kappa shape index (κ1) is 19.2. The summed E-state index contributed by atoms with van der Waals surface area (Å²) in [7, 11) is 0. The molecule has 1 fully saturated rings. The maximum atomic E-state index is 13.4. The van der Waals surface area contributed by atoms with E-state index in [4.69, 9.17) is 0 Å². The molecule has 5 nitrogen and oxygen atoms in total. The minimum atomic E-state index is -4.46. The van der Waals surface area contributed by atoms with Crippen LogP contribution in [0.1, 0.15) is 31.2 Å². The Morgan fingerprint density at radius 3 is 2.48 bits per heavy atom. The molecule has 0 unspecified atom stereocenters. The van der Waals surface area contributed by atoms with Gasteiger partial charge in [0.25, 0.3) is 0 Å². The molecule has 2 aromatic heterocycles. The number of para-hydroxylation sites is 1. The van der Waals surface area contributed by atoms with Gasteiger partial charge in [-0.3, -0.25) is 4.98 Å². The van der Waals surface area contributed by atoms with Crippen molar-refractivity contribution in [2.24, 2.45) is 0 Å². The van der Waals surface area contributed by atoms with Crippen LogP contribution in [0.4, 0.5) is 30.6 Å². The molecule has 0 aliphatic heterocycles. The first-order chi connectivity index (χ1) is 14.0. The van der Waals surface area contributed by atoms with E-state index in [9.17, 15) is 13.2 Å². The molecule has 29 heavy (non-hydrogen) atoms. The highest BCUT2D eigenvalue weighted by atomic mass is 19.4. The van der Waals surface area contributed by atoms with Crippen LogP contribution < -0.4 is 10.6 Å². The number of benzene rings is 1. The van der Waals surface area contributed by atoms with Gasteiger partial charge in [0.05, 0.1) is 16.9 Å². The Labute approximate surface area is 166 Å². The van der Waals surface area contributed by atoms with Crippen molar-refractivity contribution in [1.29, 1.82) is 0 Å². The summed E-state index contributed by atoms with van der Waals surface area (Å²) in [6, 6.07) is 10.9. The van der Waals surface area contributed by atoms with E-state index in [2.05, 4.69) is 25.6 Å². The predicted molar refractivity (Wildman–Crippen MR) is 106 cm³/mol. The van der Waals surface area contributed by atoms with Crippen molar-refractivity contribution in [3.05, 3.63) is 60.4 Å². The van der Waals surface area contributed by atoms with E-state index in [-0.39, 0.29) is 17.5 Å². The van der Waals surface area contributed by atoms with E-state index in [1.807, 2.05) is 6.07 Å². The van der Waals surface area contributed by atoms with Crippen LogP contribution in [-0.4, -0.2) is 21.0 Å². The average molecular weight is 399 g/mol. The summed E-state index contributed by atoms with van der Waals surface area (Å²) in [6.07, 6.45) is 3.19. The van der Waals surface area contributed by atoms with E-state index in [1.165, 1.54) is 12.1 Å². The van der Waals surface area contributed by atoms with Gasteiger partial charge in [-0.15, -0.1) is 0 Å². The highest BCUT2D eigenvalue weighted by Crippen LogP contribution is 2.36. The molecule has 0 amide bonds. The monoisotopic (exact) mass is 399 g/mol. The van der Waals surface area contributed by atoms with Crippen molar-refractivity contribution < 1.29 is 13.2 Å². The zero-order valence-electron chi connectivity index (χ0n) is 15.6. The first-order valence-corrected chi connectivity index (χ1v) is 9.48. The molecule has 8 heteroatoms. The quantitative estimate of drug-likeness (QED) is 0.580. The van der Waals surface area contributed by atoms with E-state index in [0.29, 0.717) is 11.6 Å². The highest BCUT2D eigenvalue weighted by Gasteiger charge is 2.33. The normalized spacial score (nSPS) is 14.7. The van der Waals surface area contributed by atoms with E-state index < -0.39 is 11.7 Å². The number of hydrogen-bond donors (Lipinski definition) is 2. The summed E-state index contributed by atoms with van der Waals surface area (Å²) < 4.78 is 40.1. The largest absolute Gasteiger partial charge is 0.418 e. The van der Waals surface area contributed by atoms with Crippen molar-refractivity contribution in [2.45, 2.75) is 37.9 Å². The van der Waals surface area contributed by atoms with Crippen molar-refractivity contribution in [1.82, 2.24) is 15.0 Å². The molecule has 0 spiro atoms. The van der Waals surface area contributed by atoms with Crippen LogP contribution >= 0.6 is 0 Å². The van der Waals surface area contributed by atoms with Gasteiger partial charge >= 0.3 is 6.18 Å². The number of aromatic nitrogens is 3. The number of nitrogens with zero attached hydrogens (tertiary/aromatic N) is 3. The minimum Gasteiger partial charge on any atom is -0.351 e. The zero-order valence-corrected chi connectivity index (χ0v) is 15.6. The lowest BCUT2D eigenvalue weighted by molar-refractivity contribution is -0.136. The number of alkyl halides is 3. The fourth-order valence-electron chi connectivity index (χ4n) is 3.47. The molecule has 0 radical (unpaired) electrons. The average Bonchev–Trinajstić information content (AvgIpc) is 3.21. The van der Waals surface area contributed by atoms with Gasteiger partial charge < -0.3 is 10.6 Å². The molecule has 2 N–H and O–H groups in total. The number of pyridine rings is 1. The van der Waals surface area contributed by atoms with Crippen molar-refractivity contribution >= 4 is 17.5 Å². The van der Waals surface area contributed by atoms with Gasteiger partial charge in [-0.2, -0.15) is 18.2 Å². The topological polar surface area (TPSA) is 62.7 Å². The molecule has 1 aliphatic carbocycles. The molecule has 0 atom stereocenters. The van der Waals surface area contributed by atoms with Crippen LogP contribution in [0.15, 0.2) is 54.9 Å². The third-order valence-electron chi connectivity index (χ3n) is 4.87. The molecule has 150 valence electrons. The van der Waals surface area contributed by atoms with E-state index in [0.717, 1.165) is 37.3 Å². The molecule has 0 bridgehead atoms. The number of nitrogens with one attached hydrogen (secondary N) is 2. The van der Waals surface area contributed by atoms with E-state index >= 15 is 0 Å². The second-order valence-electron chi connectivity index (χ2n) is 7.00. The van der Waals surface area contributed by atoms with Crippen LogP contribution in [0.3, 0.4) is 0 Å². The minimum absolute atomic E-state index is 0.0531. The SMILES string of the molecule is FC(F)(F)c1ccccc1Nc1cc(-c2cccnc2)nc(NC2CCCC2)n1. The van der Waals surface area contributed by atoms with Crippen molar-refractivity contribution in [2.75, 3.05) is 10.6 Å². The second kappa shape index (κ2) is 8.06. The molecule has 2 heterocycles. The summed E-state index contributed by atoms with van der Waals surface area (Å²) >= 11 is 0. The fourth-order valence-corrected chi connectivity index (χ4v) is 3.47. The standard InChI is InChI=1S/C21H20F3N5/c22-21(23,24)16-9-3-4-10-17(16)27-19-12-18(14-6-5-11-25-13-14)28-20(29-19)26-15-7-1-2-8-15/h3-6,9-13,15H,1-2,7-8H2,(H2,26,27,28,29). The van der Waals surface area contributed by atoms with Gasteiger partial charge in [0.2, 0.25) is 5.95 Å². The number of rotatable bonds is 5. The highest BCUT2D eigenvalue weighted by molar-refractivity contribution is 5.68. The lowest BCUT2D eigenvalue weighted by atomic mass is 10.1. The van der Waals surface area contributed by atoms with Crippen LogP contribution in [0.5, 0.6) is 0 Å². The number of hydrogen-bond acceptors (Lipinski definition) is 5. The third kappa shape index (κ3) is 4.64. The van der Waals surface area contributed by atoms with Gasteiger partial charge in [0.15, 0.2) is 0 Å². The van der Waals surface area contributed by atoms with Gasteiger partial charge in [-0.05, 0) is 37.1 Å². The van der Waals surface area contributed by atoms with Gasteiger partial charge in [0.1, 0.15) is 5.82 Å². The summed E-state index contributed by atoms with van der Waals surface area (Å²) in [6.45, 7) is 0. The Morgan fingerprint density at radius 2 is 1.76 bits per heavy atom. The van der Waals surface area contributed by atoms with E-state index in [1.54, 1.807) is 30.6 Å². The second-order valence-corrected chi connectivity index (χ2v) is 7.00. The lowest BCUT2D eigenvalue weighted by Crippen LogP contribution is -2.17. The Morgan fingerprint density at radius 1 is 0.966 bits per heavy atom.